The molecule has 3 amide bonds. The summed E-state index contributed by atoms with van der Waals surface area (Å²) in [6, 6.07) is 7.74. The Balaban J connectivity index is 1.66. The highest BCUT2D eigenvalue weighted by molar-refractivity contribution is 5.95. The molecule has 3 rings (SSSR count). The van der Waals surface area contributed by atoms with E-state index >= 15 is 0 Å². The second-order valence-electron chi connectivity index (χ2n) is 8.97. The summed E-state index contributed by atoms with van der Waals surface area (Å²) < 4.78 is 26.2. The Bertz CT molecular complexity index is 1190. The van der Waals surface area contributed by atoms with E-state index < -0.39 is 60.4 Å². The minimum absolute atomic E-state index is 0.0347. The lowest BCUT2D eigenvalue weighted by atomic mass is 10.1. The van der Waals surface area contributed by atoms with Gasteiger partial charge in [0.2, 0.25) is 11.8 Å². The van der Waals surface area contributed by atoms with Crippen LogP contribution in [0.3, 0.4) is 0 Å². The number of aliphatic hydroxyl groups excluding tert-OH is 2. The number of alkyl carbamates (subject to hydrolysis) is 1. The van der Waals surface area contributed by atoms with Crippen molar-refractivity contribution in [1.82, 2.24) is 20.2 Å². The molecule has 4 unspecified atom stereocenters. The molecule has 2 aromatic rings. The number of hydrogen-bond donors (Lipinski definition) is 5. The van der Waals surface area contributed by atoms with E-state index in [0.717, 1.165) is 16.3 Å². The summed E-state index contributed by atoms with van der Waals surface area (Å²) in [5.74, 6) is -2.74. The van der Waals surface area contributed by atoms with Gasteiger partial charge in [0.15, 0.2) is 11.6 Å². The van der Waals surface area contributed by atoms with E-state index in [4.69, 9.17) is 9.47 Å². The topological polar surface area (TPSA) is 181 Å². The van der Waals surface area contributed by atoms with Gasteiger partial charge >= 0.3 is 11.8 Å². The van der Waals surface area contributed by atoms with Crippen LogP contribution in [0, 0.1) is 5.82 Å². The minimum Gasteiger partial charge on any atom is -0.445 e. The van der Waals surface area contributed by atoms with E-state index in [0.29, 0.717) is 19.4 Å². The number of hydrogen-bond acceptors (Lipinski definition) is 9. The zero-order valence-electron chi connectivity index (χ0n) is 21.3. The van der Waals surface area contributed by atoms with E-state index in [1.54, 1.807) is 24.3 Å². The Labute approximate surface area is 223 Å². The van der Waals surface area contributed by atoms with E-state index in [1.165, 1.54) is 6.92 Å². The lowest BCUT2D eigenvalue weighted by molar-refractivity contribution is -0.119. The highest BCUT2D eigenvalue weighted by atomic mass is 19.1. The molecule has 1 aliphatic heterocycles. The van der Waals surface area contributed by atoms with Gasteiger partial charge in [-0.3, -0.25) is 14.2 Å². The van der Waals surface area contributed by atoms with Crippen molar-refractivity contribution in [2.45, 2.75) is 63.7 Å². The standard InChI is InChI=1S/C25H32FN5O8/c1-15(33)27-10-6-5-9-18(28-25(37)38-14-16-7-3-2-4-8-16)23(35)29-22-17(26)12-31(24(36)30-22)21-11-19(34)20(13-32)39-21/h2-4,7-8,12,18-21,32,34H,5-6,9-11,13-14H2,1H3,(H,27,33)(H,28,37)(H,29,30,35,36). The van der Waals surface area contributed by atoms with Gasteiger partial charge in [-0.2, -0.15) is 4.98 Å². The summed E-state index contributed by atoms with van der Waals surface area (Å²) in [4.78, 5) is 52.5. The highest BCUT2D eigenvalue weighted by Gasteiger charge is 2.35. The molecule has 4 atom stereocenters. The molecule has 212 valence electrons. The van der Waals surface area contributed by atoms with Crippen LogP contribution in [0.25, 0.3) is 0 Å². The number of nitrogens with zero attached hydrogens (tertiary/aromatic N) is 2. The molecule has 1 fully saturated rings. The summed E-state index contributed by atoms with van der Waals surface area (Å²) in [5, 5.41) is 26.4. The third-order valence-corrected chi connectivity index (χ3v) is 5.96. The number of anilines is 1. The molecule has 1 aromatic heterocycles. The molecule has 0 radical (unpaired) electrons. The van der Waals surface area contributed by atoms with Crippen LogP contribution in [0.15, 0.2) is 41.3 Å². The second kappa shape index (κ2) is 14.3. The first-order chi connectivity index (χ1) is 18.7. The molecule has 13 nitrogen and oxygen atoms in total. The first kappa shape index (κ1) is 29.7. The summed E-state index contributed by atoms with van der Waals surface area (Å²) in [6.07, 6.45) is -2.12. The van der Waals surface area contributed by atoms with Gasteiger partial charge in [0.05, 0.1) is 18.9 Å². The molecule has 0 spiro atoms. The first-order valence-electron chi connectivity index (χ1n) is 12.4. The maximum Gasteiger partial charge on any atom is 0.408 e. The average Bonchev–Trinajstić information content (AvgIpc) is 3.29. The van der Waals surface area contributed by atoms with Gasteiger partial charge in [-0.05, 0) is 24.8 Å². The van der Waals surface area contributed by atoms with Crippen molar-refractivity contribution in [2.75, 3.05) is 18.5 Å². The smallest absolute Gasteiger partial charge is 0.408 e. The Hall–Kier alpha value is -3.88. The summed E-state index contributed by atoms with van der Waals surface area (Å²) >= 11 is 0. The number of carbonyl (C=O) groups excluding carboxylic acids is 3. The number of nitrogens with one attached hydrogen (secondary N) is 3. The monoisotopic (exact) mass is 549 g/mol. The Kier molecular flexibility index (Phi) is 10.9. The van der Waals surface area contributed by atoms with Crippen molar-refractivity contribution in [3.05, 3.63) is 58.4 Å². The van der Waals surface area contributed by atoms with Crippen LogP contribution in [-0.2, 0) is 25.7 Å². The molecule has 1 aromatic carbocycles. The first-order valence-corrected chi connectivity index (χ1v) is 12.4. The van der Waals surface area contributed by atoms with Crippen LogP contribution in [0.2, 0.25) is 0 Å². The third-order valence-electron chi connectivity index (χ3n) is 5.96. The summed E-state index contributed by atoms with van der Waals surface area (Å²) in [7, 11) is 0. The zero-order valence-corrected chi connectivity index (χ0v) is 21.3. The normalized spacial score (nSPS) is 19.2. The van der Waals surface area contributed by atoms with Gasteiger partial charge in [-0.15, -0.1) is 0 Å². The molecule has 39 heavy (non-hydrogen) atoms. The van der Waals surface area contributed by atoms with Crippen molar-refractivity contribution < 1.29 is 38.5 Å². The van der Waals surface area contributed by atoms with Gasteiger partial charge in [-0.1, -0.05) is 30.3 Å². The van der Waals surface area contributed by atoms with Crippen LogP contribution in [0.1, 0.15) is 44.4 Å². The van der Waals surface area contributed by atoms with Crippen LogP contribution in [0.5, 0.6) is 0 Å². The highest BCUT2D eigenvalue weighted by Crippen LogP contribution is 2.27. The molecule has 1 saturated heterocycles. The van der Waals surface area contributed by atoms with Crippen molar-refractivity contribution in [3.8, 4) is 0 Å². The quantitative estimate of drug-likeness (QED) is 0.236. The Morgan fingerprint density at radius 2 is 2.00 bits per heavy atom. The maximum absolute atomic E-state index is 14.8. The molecular weight excluding hydrogens is 517 g/mol. The number of ether oxygens (including phenoxy) is 2. The predicted octanol–water partition coefficient (Wildman–Crippen LogP) is 0.563. The molecule has 0 aliphatic carbocycles. The van der Waals surface area contributed by atoms with Crippen LogP contribution >= 0.6 is 0 Å². The maximum atomic E-state index is 14.8. The largest absolute Gasteiger partial charge is 0.445 e. The van der Waals surface area contributed by atoms with Gasteiger partial charge in [0, 0.05) is 19.9 Å². The number of carbonyl (C=O) groups is 3. The molecule has 14 heteroatoms. The molecule has 2 heterocycles. The average molecular weight is 550 g/mol. The van der Waals surface area contributed by atoms with E-state index in [1.807, 2.05) is 6.07 Å². The summed E-state index contributed by atoms with van der Waals surface area (Å²) in [5.41, 5.74) is -0.218. The lowest BCUT2D eigenvalue weighted by Crippen LogP contribution is -2.44. The van der Waals surface area contributed by atoms with E-state index in [9.17, 15) is 33.8 Å². The van der Waals surface area contributed by atoms with Gasteiger partial charge in [-0.25, -0.2) is 14.0 Å². The Morgan fingerprint density at radius 3 is 2.67 bits per heavy atom. The molecular formula is C25H32FN5O8. The lowest BCUT2D eigenvalue weighted by Gasteiger charge is -2.19. The van der Waals surface area contributed by atoms with Gasteiger partial charge in [0.1, 0.15) is 25.0 Å². The fraction of sp³-hybridized carbons (Fsp3) is 0.480. The number of amides is 3. The predicted molar refractivity (Wildman–Crippen MR) is 135 cm³/mol. The van der Waals surface area contributed by atoms with Gasteiger partial charge < -0.3 is 35.6 Å². The number of unbranched alkanes of at least 4 members (excludes halogenated alkanes) is 1. The van der Waals surface area contributed by atoms with Crippen LogP contribution in [0.4, 0.5) is 15.0 Å². The van der Waals surface area contributed by atoms with Crippen LogP contribution < -0.4 is 21.6 Å². The second-order valence-corrected chi connectivity index (χ2v) is 8.97. The zero-order chi connectivity index (χ0) is 28.4. The molecule has 1 aliphatic rings. The molecule has 0 saturated carbocycles. The van der Waals surface area contributed by atoms with Gasteiger partial charge in [0.25, 0.3) is 0 Å². The Morgan fingerprint density at radius 1 is 1.26 bits per heavy atom. The number of halogens is 1. The fourth-order valence-corrected chi connectivity index (χ4v) is 3.91. The van der Waals surface area contributed by atoms with Crippen molar-refractivity contribution in [2.24, 2.45) is 0 Å². The number of benzene rings is 1. The fourth-order valence-electron chi connectivity index (χ4n) is 3.91. The third kappa shape index (κ3) is 8.84. The van der Waals surface area contributed by atoms with Crippen LogP contribution in [-0.4, -0.2) is 69.1 Å². The molecule has 0 bridgehead atoms. The molecule has 5 N–H and O–H groups in total. The van der Waals surface area contributed by atoms with Crippen molar-refractivity contribution in [3.63, 3.8) is 0 Å². The van der Waals surface area contributed by atoms with E-state index in [2.05, 4.69) is 20.9 Å². The SMILES string of the molecule is CC(=O)NCCCCC(NC(=O)OCc1ccccc1)C(=O)Nc1nc(=O)n(C2CC(O)C(CO)O2)cc1F. The van der Waals surface area contributed by atoms with Crippen molar-refractivity contribution >= 4 is 23.7 Å². The number of aromatic nitrogens is 2. The number of rotatable bonds is 12. The van der Waals surface area contributed by atoms with E-state index in [-0.39, 0.29) is 25.4 Å². The summed E-state index contributed by atoms with van der Waals surface area (Å²) in [6.45, 7) is 1.23. The minimum atomic E-state index is -1.16. The number of aliphatic hydroxyl groups is 2. The van der Waals surface area contributed by atoms with Crippen molar-refractivity contribution in [1.29, 1.82) is 0 Å².